The van der Waals surface area contributed by atoms with Gasteiger partial charge in [0.25, 0.3) is 17.7 Å². The Bertz CT molecular complexity index is 2570. The molecule has 19 heteroatoms. The van der Waals surface area contributed by atoms with E-state index in [9.17, 15) is 28.8 Å². The van der Waals surface area contributed by atoms with E-state index in [1.807, 2.05) is 13.1 Å². The minimum absolute atomic E-state index is 0.0253. The number of fused-ring (bicyclic) bond motifs is 4. The van der Waals surface area contributed by atoms with E-state index in [0.29, 0.717) is 61.2 Å². The first kappa shape index (κ1) is 44.3. The Morgan fingerprint density at radius 3 is 2.50 bits per heavy atom. The first-order chi connectivity index (χ1) is 32.0. The van der Waals surface area contributed by atoms with Crippen molar-refractivity contribution >= 4 is 52.9 Å². The molecule has 5 aliphatic rings. The van der Waals surface area contributed by atoms with Crippen molar-refractivity contribution in [2.75, 3.05) is 43.6 Å². The number of hydrogen-bond donors (Lipinski definition) is 3. The molecule has 346 valence electrons. The molecule has 4 aliphatic heterocycles. The SMILES string of the molecule is CC[C@@H]1c2nnc(C)n2-c2cnc(Nc3ccc(C(=O)NC4CCN(C(=O)CCCOc5cccc6c5C(=O)N(C5CCC(=O)NC5=O)C6=O)CC4)cc3OC)nc2N1CC1CCCCC1. The molecule has 1 saturated carbocycles. The third kappa shape index (κ3) is 8.65. The lowest BCUT2D eigenvalue weighted by Gasteiger charge is -2.39. The Kier molecular flexibility index (Phi) is 12.7. The Hall–Kier alpha value is -6.92. The number of carbonyl (C=O) groups excluding carboxylic acids is 6. The molecule has 6 amide bonds. The molecular weight excluding hydrogens is 847 g/mol. The quantitative estimate of drug-likeness (QED) is 0.113. The van der Waals surface area contributed by atoms with Crippen LogP contribution < -0.4 is 30.3 Å². The Labute approximate surface area is 382 Å². The summed E-state index contributed by atoms with van der Waals surface area (Å²) in [5.74, 6) is 1.49. The van der Waals surface area contributed by atoms with Crippen LogP contribution in [0.3, 0.4) is 0 Å². The second kappa shape index (κ2) is 18.9. The van der Waals surface area contributed by atoms with E-state index in [0.717, 1.165) is 41.0 Å². The molecule has 3 N–H and O–H groups in total. The number of likely N-dealkylation sites (tertiary alicyclic amines) is 1. The maximum absolute atomic E-state index is 13.5. The number of carbonyl (C=O) groups is 6. The third-order valence-corrected chi connectivity index (χ3v) is 13.5. The fourth-order valence-electron chi connectivity index (χ4n) is 10.0. The number of piperidine rings is 2. The van der Waals surface area contributed by atoms with Gasteiger partial charge in [0.05, 0.1) is 42.8 Å². The summed E-state index contributed by atoms with van der Waals surface area (Å²) in [5, 5.41) is 17.7. The van der Waals surface area contributed by atoms with Gasteiger partial charge >= 0.3 is 0 Å². The molecule has 2 atom stereocenters. The van der Waals surface area contributed by atoms with Crippen LogP contribution in [0, 0.1) is 12.8 Å². The van der Waals surface area contributed by atoms with Gasteiger partial charge in [0.1, 0.15) is 29.1 Å². The van der Waals surface area contributed by atoms with Crippen LogP contribution in [-0.4, -0.2) is 115 Å². The van der Waals surface area contributed by atoms with Gasteiger partial charge in [-0.3, -0.25) is 43.6 Å². The van der Waals surface area contributed by atoms with Gasteiger partial charge in [-0.25, -0.2) is 4.98 Å². The lowest BCUT2D eigenvalue weighted by atomic mass is 9.88. The fourth-order valence-corrected chi connectivity index (χ4v) is 10.0. The summed E-state index contributed by atoms with van der Waals surface area (Å²) in [7, 11) is 1.55. The molecule has 1 aliphatic carbocycles. The second-order valence-corrected chi connectivity index (χ2v) is 17.7. The number of amides is 6. The summed E-state index contributed by atoms with van der Waals surface area (Å²) in [5.41, 5.74) is 2.09. The van der Waals surface area contributed by atoms with Crippen LogP contribution in [0.4, 0.5) is 17.5 Å². The van der Waals surface area contributed by atoms with Crippen LogP contribution in [0.15, 0.2) is 42.6 Å². The molecule has 4 aromatic rings. The Balaban J connectivity index is 0.769. The molecule has 1 unspecified atom stereocenters. The largest absolute Gasteiger partial charge is 0.495 e. The molecule has 66 heavy (non-hydrogen) atoms. The standard InChI is InChI=1S/C47H55N11O8/c1-4-33-42-54-53-27(2)57(42)35-25-48-47(52-41(35)56(33)26-28-10-6-5-7-11-28)50-32-16-15-29(24-37(32)65-3)43(61)49-30-19-21-55(22-20-30)39(60)14-9-23-66-36-13-8-12-31-40(36)46(64)58(45(31)63)34-17-18-38(59)51-44(34)62/h8,12-13,15-16,24-25,28,30,33-34H,4-7,9-11,14,17-23,26H2,1-3H3,(H,49,61)(H,48,50,52)(H,51,59,62)/t33-,34?/m1/s1. The van der Waals surface area contributed by atoms with E-state index in [1.165, 1.54) is 38.2 Å². The van der Waals surface area contributed by atoms with Crippen LogP contribution in [0.5, 0.6) is 11.5 Å². The average Bonchev–Trinajstić information content (AvgIpc) is 3.83. The van der Waals surface area contributed by atoms with Crippen LogP contribution in [0.25, 0.3) is 5.69 Å². The zero-order chi connectivity index (χ0) is 46.1. The predicted molar refractivity (Wildman–Crippen MR) is 240 cm³/mol. The van der Waals surface area contributed by atoms with E-state index in [-0.39, 0.29) is 66.6 Å². The maximum atomic E-state index is 13.5. The molecular formula is C47H55N11O8. The van der Waals surface area contributed by atoms with Crippen LogP contribution in [0.2, 0.25) is 0 Å². The molecule has 9 rings (SSSR count). The summed E-state index contributed by atoms with van der Waals surface area (Å²) < 4.78 is 13.7. The lowest BCUT2D eigenvalue weighted by Crippen LogP contribution is -2.54. The van der Waals surface area contributed by atoms with E-state index >= 15 is 0 Å². The number of ether oxygens (including phenoxy) is 2. The summed E-state index contributed by atoms with van der Waals surface area (Å²) in [6.45, 7) is 6.08. The number of rotatable bonds is 14. The van der Waals surface area contributed by atoms with Crippen molar-refractivity contribution in [3.05, 3.63) is 70.9 Å². The lowest BCUT2D eigenvalue weighted by molar-refractivity contribution is -0.136. The highest BCUT2D eigenvalue weighted by atomic mass is 16.5. The van der Waals surface area contributed by atoms with Crippen molar-refractivity contribution in [3.8, 4) is 17.2 Å². The number of benzene rings is 2. The van der Waals surface area contributed by atoms with Gasteiger partial charge in [-0.05, 0) is 88.1 Å². The molecule has 2 aromatic carbocycles. The van der Waals surface area contributed by atoms with Crippen molar-refractivity contribution in [1.29, 1.82) is 0 Å². The normalized spacial score (nSPS) is 19.8. The van der Waals surface area contributed by atoms with E-state index in [2.05, 4.69) is 42.5 Å². The Morgan fingerprint density at radius 1 is 0.939 bits per heavy atom. The third-order valence-electron chi connectivity index (χ3n) is 13.5. The molecule has 0 spiro atoms. The molecule has 0 bridgehead atoms. The van der Waals surface area contributed by atoms with E-state index in [4.69, 9.17) is 19.4 Å². The number of nitrogens with one attached hydrogen (secondary N) is 3. The van der Waals surface area contributed by atoms with Crippen LogP contribution in [0.1, 0.15) is 133 Å². The molecule has 3 fully saturated rings. The van der Waals surface area contributed by atoms with Gasteiger partial charge in [-0.1, -0.05) is 32.3 Å². The highest BCUT2D eigenvalue weighted by molar-refractivity contribution is 6.24. The first-order valence-electron chi connectivity index (χ1n) is 23.1. The topological polar surface area (TPSA) is 223 Å². The smallest absolute Gasteiger partial charge is 0.266 e. The highest BCUT2D eigenvalue weighted by Crippen LogP contribution is 2.41. The number of hydrogen-bond acceptors (Lipinski definition) is 14. The van der Waals surface area contributed by atoms with Crippen molar-refractivity contribution in [2.45, 2.75) is 109 Å². The zero-order valence-corrected chi connectivity index (χ0v) is 37.5. The summed E-state index contributed by atoms with van der Waals surface area (Å²) in [4.78, 5) is 92.2. The Morgan fingerprint density at radius 2 is 1.74 bits per heavy atom. The first-order valence-corrected chi connectivity index (χ1v) is 23.1. The van der Waals surface area contributed by atoms with Crippen LogP contribution in [-0.2, 0) is 14.4 Å². The number of aryl methyl sites for hydroxylation is 1. The number of aromatic nitrogens is 5. The van der Waals surface area contributed by atoms with Gasteiger partial charge in [-0.2, -0.15) is 4.98 Å². The van der Waals surface area contributed by atoms with Gasteiger partial charge in [0, 0.05) is 44.1 Å². The number of imide groups is 2. The predicted octanol–water partition coefficient (Wildman–Crippen LogP) is 4.95. The van der Waals surface area contributed by atoms with Crippen molar-refractivity contribution in [2.24, 2.45) is 5.92 Å². The van der Waals surface area contributed by atoms with Crippen LogP contribution >= 0.6 is 0 Å². The summed E-state index contributed by atoms with van der Waals surface area (Å²) >= 11 is 0. The minimum atomic E-state index is -1.08. The zero-order valence-electron chi connectivity index (χ0n) is 37.5. The highest BCUT2D eigenvalue weighted by Gasteiger charge is 2.46. The number of nitrogens with zero attached hydrogens (tertiary/aromatic N) is 8. The number of anilines is 3. The molecule has 6 heterocycles. The maximum Gasteiger partial charge on any atom is 0.266 e. The van der Waals surface area contributed by atoms with Crippen molar-refractivity contribution < 1.29 is 38.2 Å². The van der Waals surface area contributed by atoms with Crippen molar-refractivity contribution in [3.63, 3.8) is 0 Å². The second-order valence-electron chi connectivity index (χ2n) is 17.7. The van der Waals surface area contributed by atoms with Crippen molar-refractivity contribution in [1.82, 2.24) is 45.2 Å². The van der Waals surface area contributed by atoms with Gasteiger partial charge in [-0.15, -0.1) is 10.2 Å². The monoisotopic (exact) mass is 901 g/mol. The van der Waals surface area contributed by atoms with Gasteiger partial charge in [0.15, 0.2) is 11.6 Å². The molecule has 2 aromatic heterocycles. The average molecular weight is 902 g/mol. The van der Waals surface area contributed by atoms with Gasteiger partial charge < -0.3 is 29.9 Å². The fraction of sp³-hybridized carbons (Fsp3) is 0.489. The molecule has 0 radical (unpaired) electrons. The number of methoxy groups -OCH3 is 1. The van der Waals surface area contributed by atoms with E-state index < -0.39 is 29.7 Å². The minimum Gasteiger partial charge on any atom is -0.495 e. The summed E-state index contributed by atoms with van der Waals surface area (Å²) in [6, 6.07) is 8.72. The molecule has 2 saturated heterocycles. The molecule has 19 nitrogen and oxygen atoms in total. The van der Waals surface area contributed by atoms with Gasteiger partial charge in [0.2, 0.25) is 23.7 Å². The van der Waals surface area contributed by atoms with E-state index in [1.54, 1.807) is 42.3 Å². The summed E-state index contributed by atoms with van der Waals surface area (Å²) in [6.07, 6.45) is 10.7.